The van der Waals surface area contributed by atoms with Crippen LogP contribution in [0.4, 0.5) is 0 Å². The summed E-state index contributed by atoms with van der Waals surface area (Å²) < 4.78 is 4.96. The Labute approximate surface area is 72.1 Å². The lowest BCUT2D eigenvalue weighted by molar-refractivity contribution is 0.178. The van der Waals surface area contributed by atoms with Gasteiger partial charge in [-0.05, 0) is 12.3 Å². The average molecular weight is 160 g/mol. The number of hydrogen-bond acceptors (Lipinski definition) is 1. The van der Waals surface area contributed by atoms with E-state index in [9.17, 15) is 0 Å². The normalized spacial score (nSPS) is 11.7. The zero-order chi connectivity index (χ0) is 9.11. The van der Waals surface area contributed by atoms with Crippen molar-refractivity contribution >= 4 is 0 Å². The molecule has 0 saturated heterocycles. The Balaban J connectivity index is 0. The smallest absolute Gasteiger partial charge is 0.0464 e. The van der Waals surface area contributed by atoms with Crippen LogP contribution in [-0.2, 0) is 4.74 Å². The first-order valence-corrected chi connectivity index (χ1v) is 4.80. The molecule has 0 aromatic heterocycles. The van der Waals surface area contributed by atoms with E-state index in [1.54, 1.807) is 7.11 Å². The molecular formula is C10H24O. The van der Waals surface area contributed by atoms with Gasteiger partial charge in [0.1, 0.15) is 0 Å². The molecule has 11 heavy (non-hydrogen) atoms. The summed E-state index contributed by atoms with van der Waals surface area (Å²) in [6.45, 7) is 9.42. The third kappa shape index (κ3) is 13.0. The maximum Gasteiger partial charge on any atom is 0.0464 e. The molecule has 1 nitrogen and oxygen atoms in total. The predicted molar refractivity (Wildman–Crippen MR) is 51.9 cm³/mol. The van der Waals surface area contributed by atoms with Crippen LogP contribution in [0.5, 0.6) is 0 Å². The number of rotatable bonds is 5. The summed E-state index contributed by atoms with van der Waals surface area (Å²) in [5, 5.41) is 0. The fourth-order valence-corrected chi connectivity index (χ4v) is 0.956. The summed E-state index contributed by atoms with van der Waals surface area (Å²) >= 11 is 0. The molecule has 1 unspecified atom stereocenters. The number of hydrogen-bond donors (Lipinski definition) is 0. The molecule has 0 aromatic carbocycles. The van der Waals surface area contributed by atoms with Crippen LogP contribution in [0.15, 0.2) is 0 Å². The van der Waals surface area contributed by atoms with Crippen molar-refractivity contribution in [1.82, 2.24) is 0 Å². The Morgan fingerprint density at radius 1 is 1.18 bits per heavy atom. The highest BCUT2D eigenvalue weighted by Gasteiger charge is 1.97. The standard InChI is InChI=1S/C8H18O.C2H6/c1-4-5-8(2)6-7-9-3;1-2/h8H,4-7H2,1-3H3;1-2H3. The van der Waals surface area contributed by atoms with Gasteiger partial charge in [-0.1, -0.05) is 40.5 Å². The Bertz CT molecular complexity index is 52.8. The highest BCUT2D eigenvalue weighted by atomic mass is 16.5. The number of methoxy groups -OCH3 is 1. The zero-order valence-electron chi connectivity index (χ0n) is 8.81. The second kappa shape index (κ2) is 12.6. The summed E-state index contributed by atoms with van der Waals surface area (Å²) in [6, 6.07) is 0. The quantitative estimate of drug-likeness (QED) is 0.598. The second-order valence-corrected chi connectivity index (χ2v) is 2.68. The van der Waals surface area contributed by atoms with E-state index < -0.39 is 0 Å². The van der Waals surface area contributed by atoms with Crippen molar-refractivity contribution in [3.05, 3.63) is 0 Å². The molecule has 0 spiro atoms. The molecule has 0 aliphatic heterocycles. The van der Waals surface area contributed by atoms with Crippen molar-refractivity contribution < 1.29 is 4.74 Å². The Morgan fingerprint density at radius 2 is 1.73 bits per heavy atom. The summed E-state index contributed by atoms with van der Waals surface area (Å²) in [6.07, 6.45) is 3.85. The molecule has 0 heterocycles. The van der Waals surface area contributed by atoms with Crippen LogP contribution in [0.2, 0.25) is 0 Å². The minimum atomic E-state index is 0.843. The van der Waals surface area contributed by atoms with Crippen molar-refractivity contribution in [2.45, 2.75) is 47.0 Å². The van der Waals surface area contributed by atoms with Crippen LogP contribution < -0.4 is 0 Å². The second-order valence-electron chi connectivity index (χ2n) is 2.68. The van der Waals surface area contributed by atoms with Crippen LogP contribution in [0.25, 0.3) is 0 Å². The highest BCUT2D eigenvalue weighted by Crippen LogP contribution is 2.08. The monoisotopic (exact) mass is 160 g/mol. The molecule has 0 aromatic rings. The van der Waals surface area contributed by atoms with Crippen molar-refractivity contribution in [2.24, 2.45) is 5.92 Å². The van der Waals surface area contributed by atoms with Crippen molar-refractivity contribution in [3.63, 3.8) is 0 Å². The Hall–Kier alpha value is -0.0400. The SMILES string of the molecule is CC.CCCC(C)CCOC. The van der Waals surface area contributed by atoms with E-state index >= 15 is 0 Å². The molecule has 1 heteroatoms. The maximum atomic E-state index is 4.96. The fourth-order valence-electron chi connectivity index (χ4n) is 0.956. The van der Waals surface area contributed by atoms with Gasteiger partial charge in [0.15, 0.2) is 0 Å². The van der Waals surface area contributed by atoms with Gasteiger partial charge in [-0.3, -0.25) is 0 Å². The van der Waals surface area contributed by atoms with Gasteiger partial charge in [0.25, 0.3) is 0 Å². The first kappa shape index (κ1) is 13.5. The molecule has 0 aliphatic rings. The average Bonchev–Trinajstić information content (AvgIpc) is 2.05. The maximum absolute atomic E-state index is 4.96. The molecule has 0 radical (unpaired) electrons. The van der Waals surface area contributed by atoms with E-state index in [4.69, 9.17) is 4.74 Å². The first-order chi connectivity index (χ1) is 5.31. The molecule has 0 N–H and O–H groups in total. The van der Waals surface area contributed by atoms with Gasteiger partial charge in [-0.2, -0.15) is 0 Å². The first-order valence-electron chi connectivity index (χ1n) is 4.80. The van der Waals surface area contributed by atoms with Crippen LogP contribution in [0, 0.1) is 5.92 Å². The van der Waals surface area contributed by atoms with E-state index in [1.807, 2.05) is 13.8 Å². The lowest BCUT2D eigenvalue weighted by atomic mass is 10.0. The van der Waals surface area contributed by atoms with Crippen LogP contribution in [-0.4, -0.2) is 13.7 Å². The van der Waals surface area contributed by atoms with Crippen molar-refractivity contribution in [1.29, 1.82) is 0 Å². The van der Waals surface area contributed by atoms with E-state index in [0.29, 0.717) is 0 Å². The molecule has 1 atom stereocenters. The van der Waals surface area contributed by atoms with Crippen LogP contribution >= 0.6 is 0 Å². The highest BCUT2D eigenvalue weighted by molar-refractivity contribution is 4.49. The van der Waals surface area contributed by atoms with Crippen LogP contribution in [0.1, 0.15) is 47.0 Å². The van der Waals surface area contributed by atoms with Gasteiger partial charge in [0, 0.05) is 13.7 Å². The molecule has 0 fully saturated rings. The molecule has 0 rings (SSSR count). The third-order valence-electron chi connectivity index (χ3n) is 1.60. The minimum Gasteiger partial charge on any atom is -0.385 e. The van der Waals surface area contributed by atoms with Crippen molar-refractivity contribution in [3.8, 4) is 0 Å². The van der Waals surface area contributed by atoms with Gasteiger partial charge in [0.2, 0.25) is 0 Å². The summed E-state index contributed by atoms with van der Waals surface area (Å²) in [5.74, 6) is 0.843. The summed E-state index contributed by atoms with van der Waals surface area (Å²) in [4.78, 5) is 0. The van der Waals surface area contributed by atoms with Gasteiger partial charge >= 0.3 is 0 Å². The van der Waals surface area contributed by atoms with E-state index in [1.165, 1.54) is 19.3 Å². The molecule has 0 aliphatic carbocycles. The third-order valence-corrected chi connectivity index (χ3v) is 1.60. The van der Waals surface area contributed by atoms with Gasteiger partial charge in [-0.25, -0.2) is 0 Å². The van der Waals surface area contributed by atoms with Crippen molar-refractivity contribution in [2.75, 3.05) is 13.7 Å². The molecular weight excluding hydrogens is 136 g/mol. The van der Waals surface area contributed by atoms with Crippen LogP contribution in [0.3, 0.4) is 0 Å². The molecule has 0 saturated carbocycles. The Kier molecular flexibility index (Phi) is 15.5. The summed E-state index contributed by atoms with van der Waals surface area (Å²) in [5.41, 5.74) is 0. The van der Waals surface area contributed by atoms with Gasteiger partial charge < -0.3 is 4.74 Å². The largest absolute Gasteiger partial charge is 0.385 e. The zero-order valence-corrected chi connectivity index (χ0v) is 8.81. The molecule has 70 valence electrons. The van der Waals surface area contributed by atoms with E-state index in [2.05, 4.69) is 13.8 Å². The lowest BCUT2D eigenvalue weighted by Crippen LogP contribution is -1.98. The molecule has 0 bridgehead atoms. The lowest BCUT2D eigenvalue weighted by Gasteiger charge is -2.07. The number of ether oxygens (including phenoxy) is 1. The van der Waals surface area contributed by atoms with Gasteiger partial charge in [-0.15, -0.1) is 0 Å². The molecule has 0 amide bonds. The fraction of sp³-hybridized carbons (Fsp3) is 1.00. The Morgan fingerprint density at radius 3 is 2.09 bits per heavy atom. The minimum absolute atomic E-state index is 0.843. The van der Waals surface area contributed by atoms with Gasteiger partial charge in [0.05, 0.1) is 0 Å². The summed E-state index contributed by atoms with van der Waals surface area (Å²) in [7, 11) is 1.76. The predicted octanol–water partition coefficient (Wildman–Crippen LogP) is 3.49. The topological polar surface area (TPSA) is 9.23 Å². The van der Waals surface area contributed by atoms with E-state index in [-0.39, 0.29) is 0 Å². The van der Waals surface area contributed by atoms with E-state index in [0.717, 1.165) is 12.5 Å².